The van der Waals surface area contributed by atoms with Crippen LogP contribution in [0.4, 0.5) is 0 Å². The second-order valence-electron chi connectivity index (χ2n) is 4.93. The quantitative estimate of drug-likeness (QED) is 0.809. The average Bonchev–Trinajstić information content (AvgIpc) is 2.84. The van der Waals surface area contributed by atoms with Gasteiger partial charge in [-0.15, -0.1) is 0 Å². The molecule has 0 atom stereocenters. The molecule has 0 fully saturated rings. The van der Waals surface area contributed by atoms with Crippen molar-refractivity contribution in [3.05, 3.63) is 70.8 Å². The maximum absolute atomic E-state index is 12.2. The van der Waals surface area contributed by atoms with Gasteiger partial charge >= 0.3 is 0 Å². The highest BCUT2D eigenvalue weighted by atomic mass is 16.2. The Balaban J connectivity index is 1.74. The summed E-state index contributed by atoms with van der Waals surface area (Å²) in [5.74, 6) is -0.228. The van der Waals surface area contributed by atoms with E-state index < -0.39 is 0 Å². The van der Waals surface area contributed by atoms with Gasteiger partial charge in [0.25, 0.3) is 5.91 Å². The molecule has 1 aliphatic heterocycles. The molecule has 0 bridgehead atoms. The molecule has 4 nitrogen and oxygen atoms in total. The summed E-state index contributed by atoms with van der Waals surface area (Å²) in [7, 11) is 0. The van der Waals surface area contributed by atoms with Crippen molar-refractivity contribution in [1.29, 1.82) is 5.26 Å². The number of hydrogen-bond donors (Lipinski definition) is 0. The van der Waals surface area contributed by atoms with Crippen LogP contribution in [0.15, 0.2) is 48.5 Å². The molecular weight excluding hydrogens is 264 g/mol. The second-order valence-corrected chi connectivity index (χ2v) is 4.93. The normalized spacial score (nSPS) is 12.9. The SMILES string of the molecule is N#Cc1ccc(C(=O)CN2Cc3ccccc3C2=O)cc1. The summed E-state index contributed by atoms with van der Waals surface area (Å²) in [6.45, 7) is 0.524. The maximum atomic E-state index is 12.2. The largest absolute Gasteiger partial charge is 0.327 e. The Hall–Kier alpha value is -2.93. The van der Waals surface area contributed by atoms with Crippen molar-refractivity contribution in [2.75, 3.05) is 6.54 Å². The lowest BCUT2D eigenvalue weighted by Gasteiger charge is -2.14. The van der Waals surface area contributed by atoms with E-state index in [-0.39, 0.29) is 18.2 Å². The van der Waals surface area contributed by atoms with Gasteiger partial charge in [-0.3, -0.25) is 9.59 Å². The number of nitrogens with zero attached hydrogens (tertiary/aromatic N) is 2. The van der Waals surface area contributed by atoms with E-state index >= 15 is 0 Å². The Bertz CT molecular complexity index is 757. The van der Waals surface area contributed by atoms with Gasteiger partial charge in [0.05, 0.1) is 18.2 Å². The number of benzene rings is 2. The van der Waals surface area contributed by atoms with E-state index in [4.69, 9.17) is 5.26 Å². The standard InChI is InChI=1S/C17H12N2O2/c18-9-12-5-7-13(8-6-12)16(20)11-19-10-14-3-1-2-4-15(14)17(19)21/h1-8H,10-11H2. The summed E-state index contributed by atoms with van der Waals surface area (Å²) in [5, 5.41) is 8.74. The highest BCUT2D eigenvalue weighted by Gasteiger charge is 2.28. The number of amides is 1. The van der Waals surface area contributed by atoms with E-state index in [1.54, 1.807) is 35.2 Å². The zero-order chi connectivity index (χ0) is 14.8. The molecule has 2 aromatic carbocycles. The van der Waals surface area contributed by atoms with Crippen LogP contribution in [0.1, 0.15) is 31.8 Å². The van der Waals surface area contributed by atoms with Gasteiger partial charge in [-0.1, -0.05) is 30.3 Å². The molecule has 0 radical (unpaired) electrons. The van der Waals surface area contributed by atoms with Gasteiger partial charge in [-0.25, -0.2) is 0 Å². The van der Waals surface area contributed by atoms with Crippen LogP contribution in [0.2, 0.25) is 0 Å². The van der Waals surface area contributed by atoms with Crippen molar-refractivity contribution in [3.8, 4) is 6.07 Å². The first kappa shape index (κ1) is 13.1. The second kappa shape index (κ2) is 5.22. The van der Waals surface area contributed by atoms with Gasteiger partial charge in [-0.05, 0) is 23.8 Å². The maximum Gasteiger partial charge on any atom is 0.254 e. The third-order valence-corrected chi connectivity index (χ3v) is 3.57. The minimum absolute atomic E-state index is 0.0550. The Kier molecular flexibility index (Phi) is 3.25. The number of nitriles is 1. The fourth-order valence-corrected chi connectivity index (χ4v) is 2.44. The summed E-state index contributed by atoms with van der Waals surface area (Å²) in [4.78, 5) is 26.0. The molecule has 102 valence electrons. The summed E-state index contributed by atoms with van der Waals surface area (Å²) in [6, 6.07) is 15.9. The summed E-state index contributed by atoms with van der Waals surface area (Å²) >= 11 is 0. The predicted octanol–water partition coefficient (Wildman–Crippen LogP) is 2.40. The molecule has 3 rings (SSSR count). The molecule has 21 heavy (non-hydrogen) atoms. The van der Waals surface area contributed by atoms with E-state index in [2.05, 4.69) is 0 Å². The molecule has 1 aliphatic rings. The van der Waals surface area contributed by atoms with Gasteiger partial charge in [0.15, 0.2) is 5.78 Å². The third-order valence-electron chi connectivity index (χ3n) is 3.57. The van der Waals surface area contributed by atoms with Crippen LogP contribution < -0.4 is 0 Å². The molecule has 1 heterocycles. The van der Waals surface area contributed by atoms with Gasteiger partial charge in [-0.2, -0.15) is 5.26 Å². The molecular formula is C17H12N2O2. The van der Waals surface area contributed by atoms with Gasteiger partial charge in [0.2, 0.25) is 0 Å². The zero-order valence-corrected chi connectivity index (χ0v) is 11.2. The molecule has 2 aromatic rings. The smallest absolute Gasteiger partial charge is 0.254 e. The fourth-order valence-electron chi connectivity index (χ4n) is 2.44. The Morgan fingerprint density at radius 3 is 2.52 bits per heavy atom. The monoisotopic (exact) mass is 276 g/mol. The lowest BCUT2D eigenvalue weighted by atomic mass is 10.1. The number of Topliss-reactive ketones (excluding diaryl/α,β-unsaturated/α-hetero) is 1. The average molecular weight is 276 g/mol. The molecule has 0 spiro atoms. The molecule has 0 saturated heterocycles. The number of ketones is 1. The lowest BCUT2D eigenvalue weighted by molar-refractivity contribution is 0.0729. The van der Waals surface area contributed by atoms with Crippen LogP contribution in [0.5, 0.6) is 0 Å². The number of hydrogen-bond acceptors (Lipinski definition) is 3. The fraction of sp³-hybridized carbons (Fsp3) is 0.118. The van der Waals surface area contributed by atoms with Crippen LogP contribution in [-0.4, -0.2) is 23.1 Å². The van der Waals surface area contributed by atoms with E-state index in [0.717, 1.165) is 5.56 Å². The van der Waals surface area contributed by atoms with E-state index in [9.17, 15) is 9.59 Å². The number of carbonyl (C=O) groups is 2. The van der Waals surface area contributed by atoms with Crippen molar-refractivity contribution >= 4 is 11.7 Å². The Morgan fingerprint density at radius 1 is 1.14 bits per heavy atom. The van der Waals surface area contributed by atoms with Crippen LogP contribution in [0.3, 0.4) is 0 Å². The molecule has 0 N–H and O–H groups in total. The van der Waals surface area contributed by atoms with E-state index in [1.807, 2.05) is 24.3 Å². The zero-order valence-electron chi connectivity index (χ0n) is 11.2. The number of rotatable bonds is 3. The van der Waals surface area contributed by atoms with Crippen LogP contribution in [0.25, 0.3) is 0 Å². The molecule has 0 saturated carbocycles. The van der Waals surface area contributed by atoms with Crippen molar-refractivity contribution in [3.63, 3.8) is 0 Å². The first-order valence-corrected chi connectivity index (χ1v) is 6.59. The molecule has 1 amide bonds. The highest BCUT2D eigenvalue weighted by Crippen LogP contribution is 2.22. The first-order valence-electron chi connectivity index (χ1n) is 6.59. The molecule has 0 aromatic heterocycles. The van der Waals surface area contributed by atoms with Crippen molar-refractivity contribution < 1.29 is 9.59 Å². The van der Waals surface area contributed by atoms with Crippen molar-refractivity contribution in [2.24, 2.45) is 0 Å². The topological polar surface area (TPSA) is 61.2 Å². The van der Waals surface area contributed by atoms with Crippen molar-refractivity contribution in [1.82, 2.24) is 4.90 Å². The molecule has 4 heteroatoms. The predicted molar refractivity (Wildman–Crippen MR) is 76.7 cm³/mol. The Labute approximate surface area is 122 Å². The lowest BCUT2D eigenvalue weighted by Crippen LogP contribution is -2.30. The summed E-state index contributed by atoms with van der Waals surface area (Å²) in [6.07, 6.45) is 0. The van der Waals surface area contributed by atoms with Crippen LogP contribution >= 0.6 is 0 Å². The molecule has 0 unspecified atom stereocenters. The van der Waals surface area contributed by atoms with Crippen LogP contribution in [-0.2, 0) is 6.54 Å². The van der Waals surface area contributed by atoms with Crippen LogP contribution in [0, 0.1) is 11.3 Å². The Morgan fingerprint density at radius 2 is 1.86 bits per heavy atom. The first-order chi connectivity index (χ1) is 10.2. The van der Waals surface area contributed by atoms with Crippen molar-refractivity contribution in [2.45, 2.75) is 6.54 Å². The number of fused-ring (bicyclic) bond motifs is 1. The number of carbonyl (C=O) groups excluding carboxylic acids is 2. The summed E-state index contributed by atoms with van der Waals surface area (Å²) in [5.41, 5.74) is 2.65. The van der Waals surface area contributed by atoms with Gasteiger partial charge in [0, 0.05) is 17.7 Å². The minimum Gasteiger partial charge on any atom is -0.327 e. The minimum atomic E-state index is -0.124. The summed E-state index contributed by atoms with van der Waals surface area (Å²) < 4.78 is 0. The highest BCUT2D eigenvalue weighted by molar-refractivity contribution is 6.04. The van der Waals surface area contributed by atoms with E-state index in [0.29, 0.717) is 23.2 Å². The van der Waals surface area contributed by atoms with Gasteiger partial charge in [0.1, 0.15) is 0 Å². The molecule has 0 aliphatic carbocycles. The van der Waals surface area contributed by atoms with Gasteiger partial charge < -0.3 is 4.90 Å². The van der Waals surface area contributed by atoms with E-state index in [1.165, 1.54) is 0 Å². The third kappa shape index (κ3) is 2.41.